The molecule has 0 saturated heterocycles. The van der Waals surface area contributed by atoms with Gasteiger partial charge in [0.25, 0.3) is 11.8 Å². The van der Waals surface area contributed by atoms with Crippen LogP contribution in [0.1, 0.15) is 39.6 Å². The maximum Gasteiger partial charge on any atom is 0.284 e. The van der Waals surface area contributed by atoms with E-state index in [-0.39, 0.29) is 58.4 Å². The molecule has 2 N–H and O–H groups in total. The predicted octanol–water partition coefficient (Wildman–Crippen LogP) is 4.40. The lowest BCUT2D eigenvalue weighted by molar-refractivity contribution is 0.0388. The molecule has 12 heteroatoms. The summed E-state index contributed by atoms with van der Waals surface area (Å²) >= 11 is 1.25. The molecular weight excluding hydrogens is 588 g/mol. The normalized spacial score (nSPS) is 18.1. The van der Waals surface area contributed by atoms with Gasteiger partial charge in [0.05, 0.1) is 45.6 Å². The van der Waals surface area contributed by atoms with Crippen LogP contribution >= 0.6 is 11.3 Å². The van der Waals surface area contributed by atoms with Crippen LogP contribution in [0, 0.1) is 12.8 Å². The molecule has 1 aliphatic heterocycles. The molecule has 1 aliphatic rings. The molecule has 0 unspecified atom stereocenters. The molecule has 3 aromatic carbocycles. The van der Waals surface area contributed by atoms with Crippen LogP contribution in [0.3, 0.4) is 0 Å². The van der Waals surface area contributed by atoms with Gasteiger partial charge in [0.2, 0.25) is 10.0 Å². The SMILES string of the molecule is Cc1ccc(S(=O)(=O)N(C)C[C@@H]2Oc3c(NC(=O)c4nc5ccccc5s4)cccc3C(=O)N([C@@H](C)CO)C[C@H]2C)cc1. The van der Waals surface area contributed by atoms with Gasteiger partial charge in [0, 0.05) is 19.5 Å². The number of hydrogen-bond donors (Lipinski definition) is 2. The fourth-order valence-electron chi connectivity index (χ4n) is 4.95. The van der Waals surface area contributed by atoms with E-state index in [0.717, 1.165) is 10.3 Å². The molecule has 0 radical (unpaired) electrons. The molecule has 0 fully saturated rings. The maximum absolute atomic E-state index is 13.8. The molecule has 0 spiro atoms. The topological polar surface area (TPSA) is 129 Å². The summed E-state index contributed by atoms with van der Waals surface area (Å²) in [6.07, 6.45) is -0.703. The number of rotatable bonds is 8. The van der Waals surface area contributed by atoms with Crippen LogP contribution in [0.2, 0.25) is 0 Å². The van der Waals surface area contributed by atoms with E-state index in [2.05, 4.69) is 10.3 Å². The summed E-state index contributed by atoms with van der Waals surface area (Å²) in [4.78, 5) is 33.2. The zero-order valence-corrected chi connectivity index (χ0v) is 26.0. The zero-order valence-electron chi connectivity index (χ0n) is 24.4. The standard InChI is InChI=1S/C31H34N4O6S2/c1-19-12-14-22(15-13-19)43(39,40)34(4)17-26-20(2)16-35(21(3)18-36)31(38)23-8-7-10-25(28(23)41-26)32-29(37)30-33-24-9-5-6-11-27(24)42-30/h5-15,20-21,26,36H,16-18H2,1-4H3,(H,32,37)/t20-,21+,26+/m1/s1. The summed E-state index contributed by atoms with van der Waals surface area (Å²) in [5, 5.41) is 13.1. The largest absolute Gasteiger partial charge is 0.486 e. The molecular formula is C31H34N4O6S2. The Labute approximate surface area is 255 Å². The smallest absolute Gasteiger partial charge is 0.284 e. The summed E-state index contributed by atoms with van der Waals surface area (Å²) in [5.41, 5.74) is 2.10. The predicted molar refractivity (Wildman–Crippen MR) is 166 cm³/mol. The number of nitrogens with one attached hydrogen (secondary N) is 1. The van der Waals surface area contributed by atoms with Crippen LogP contribution in [0.4, 0.5) is 5.69 Å². The number of benzene rings is 3. The number of likely N-dealkylation sites (N-methyl/N-ethyl adjacent to an activating group) is 1. The number of carbonyl (C=O) groups excluding carboxylic acids is 2. The molecule has 4 aromatic rings. The number of aliphatic hydroxyl groups is 1. The van der Waals surface area contributed by atoms with Crippen molar-refractivity contribution in [2.24, 2.45) is 5.92 Å². The van der Waals surface area contributed by atoms with Crippen molar-refractivity contribution < 1.29 is 27.9 Å². The van der Waals surface area contributed by atoms with Crippen LogP contribution in [-0.4, -0.2) is 78.4 Å². The molecule has 2 amide bonds. The van der Waals surface area contributed by atoms with Gasteiger partial charge in [-0.15, -0.1) is 11.3 Å². The number of nitrogens with zero attached hydrogens (tertiary/aromatic N) is 3. The minimum absolute atomic E-state index is 0.0213. The number of fused-ring (bicyclic) bond motifs is 2. The van der Waals surface area contributed by atoms with Crippen molar-refractivity contribution in [3.05, 3.63) is 82.9 Å². The van der Waals surface area contributed by atoms with Crippen molar-refractivity contribution in [1.82, 2.24) is 14.2 Å². The highest BCUT2D eigenvalue weighted by atomic mass is 32.2. The van der Waals surface area contributed by atoms with Gasteiger partial charge in [-0.25, -0.2) is 13.4 Å². The summed E-state index contributed by atoms with van der Waals surface area (Å²) in [5.74, 6) is -1.03. The number of hydrogen-bond acceptors (Lipinski definition) is 8. The Bertz CT molecular complexity index is 1720. The second-order valence-electron chi connectivity index (χ2n) is 10.8. The van der Waals surface area contributed by atoms with Crippen LogP contribution in [0.5, 0.6) is 5.75 Å². The highest BCUT2D eigenvalue weighted by Gasteiger charge is 2.36. The van der Waals surface area contributed by atoms with E-state index in [1.165, 1.54) is 22.7 Å². The Morgan fingerprint density at radius 1 is 1.16 bits per heavy atom. The summed E-state index contributed by atoms with van der Waals surface area (Å²) in [6, 6.07) is 18.4. The van der Waals surface area contributed by atoms with Crippen molar-refractivity contribution in [2.45, 2.75) is 37.8 Å². The number of sulfonamides is 1. The highest BCUT2D eigenvalue weighted by molar-refractivity contribution is 7.89. The summed E-state index contributed by atoms with van der Waals surface area (Å²) < 4.78 is 35.5. The van der Waals surface area contributed by atoms with E-state index in [4.69, 9.17) is 4.74 Å². The quantitative estimate of drug-likeness (QED) is 0.298. The molecule has 5 rings (SSSR count). The van der Waals surface area contributed by atoms with Crippen LogP contribution in [0.15, 0.2) is 71.6 Å². The summed E-state index contributed by atoms with van der Waals surface area (Å²) in [7, 11) is -2.35. The van der Waals surface area contributed by atoms with Gasteiger partial charge in [0.15, 0.2) is 10.8 Å². The Morgan fingerprint density at radius 3 is 2.58 bits per heavy atom. The monoisotopic (exact) mass is 622 g/mol. The van der Waals surface area contributed by atoms with Crippen molar-refractivity contribution in [3.8, 4) is 5.75 Å². The fourth-order valence-corrected chi connectivity index (χ4v) is 6.99. The first-order valence-electron chi connectivity index (χ1n) is 13.9. The Morgan fingerprint density at radius 2 is 1.88 bits per heavy atom. The first kappa shape index (κ1) is 30.6. The number of para-hydroxylation sites is 2. The molecule has 1 aromatic heterocycles. The van der Waals surface area contributed by atoms with E-state index < -0.39 is 28.1 Å². The summed E-state index contributed by atoms with van der Waals surface area (Å²) in [6.45, 7) is 5.45. The number of thiazole rings is 1. The third-order valence-corrected chi connectivity index (χ3v) is 10.5. The molecule has 0 saturated carbocycles. The molecule has 3 atom stereocenters. The molecule has 226 valence electrons. The third kappa shape index (κ3) is 6.28. The van der Waals surface area contributed by atoms with Crippen molar-refractivity contribution >= 4 is 49.1 Å². The first-order valence-corrected chi connectivity index (χ1v) is 16.2. The number of carbonyl (C=O) groups is 2. The lowest BCUT2D eigenvalue weighted by Gasteiger charge is -2.38. The zero-order chi connectivity index (χ0) is 30.9. The third-order valence-electron chi connectivity index (χ3n) is 7.59. The van der Waals surface area contributed by atoms with Crippen LogP contribution in [0.25, 0.3) is 10.2 Å². The highest BCUT2D eigenvalue weighted by Crippen LogP contribution is 2.36. The molecule has 43 heavy (non-hydrogen) atoms. The number of amides is 2. The Kier molecular flexibility index (Phi) is 8.84. The average Bonchev–Trinajstić information content (AvgIpc) is 3.44. The first-order chi connectivity index (χ1) is 20.5. The Hall–Kier alpha value is -3.84. The number of anilines is 1. The van der Waals surface area contributed by atoms with Gasteiger partial charge >= 0.3 is 0 Å². The second kappa shape index (κ2) is 12.4. The van der Waals surface area contributed by atoms with Gasteiger partial charge in [-0.2, -0.15) is 4.31 Å². The van der Waals surface area contributed by atoms with Crippen molar-refractivity contribution in [2.75, 3.05) is 32.1 Å². The van der Waals surface area contributed by atoms with E-state index in [9.17, 15) is 23.1 Å². The van der Waals surface area contributed by atoms with Gasteiger partial charge in [0.1, 0.15) is 6.10 Å². The number of aromatic nitrogens is 1. The maximum atomic E-state index is 13.8. The van der Waals surface area contributed by atoms with Gasteiger partial charge in [-0.3, -0.25) is 9.59 Å². The number of aryl methyl sites for hydroxylation is 1. The van der Waals surface area contributed by atoms with Gasteiger partial charge in [-0.1, -0.05) is 42.8 Å². The minimum atomic E-state index is -3.84. The average molecular weight is 623 g/mol. The molecule has 0 bridgehead atoms. The van der Waals surface area contributed by atoms with E-state index in [0.29, 0.717) is 5.52 Å². The second-order valence-corrected chi connectivity index (χ2v) is 13.9. The minimum Gasteiger partial charge on any atom is -0.486 e. The van der Waals surface area contributed by atoms with E-state index in [1.807, 2.05) is 38.1 Å². The molecule has 10 nitrogen and oxygen atoms in total. The Balaban J connectivity index is 1.51. The van der Waals surface area contributed by atoms with Gasteiger partial charge < -0.3 is 20.1 Å². The van der Waals surface area contributed by atoms with Gasteiger partial charge in [-0.05, 0) is 50.2 Å². The lowest BCUT2D eigenvalue weighted by atomic mass is 9.99. The van der Waals surface area contributed by atoms with E-state index >= 15 is 0 Å². The fraction of sp³-hybridized carbons (Fsp3) is 0.323. The van der Waals surface area contributed by atoms with E-state index in [1.54, 1.807) is 54.3 Å². The molecule has 0 aliphatic carbocycles. The number of aliphatic hydroxyl groups excluding tert-OH is 1. The lowest BCUT2D eigenvalue weighted by Crippen LogP contribution is -2.50. The number of ether oxygens (including phenoxy) is 1. The van der Waals surface area contributed by atoms with Crippen LogP contribution in [-0.2, 0) is 10.0 Å². The van der Waals surface area contributed by atoms with Crippen molar-refractivity contribution in [3.63, 3.8) is 0 Å². The van der Waals surface area contributed by atoms with Crippen LogP contribution < -0.4 is 10.1 Å². The molecule has 2 heterocycles. The van der Waals surface area contributed by atoms with Crippen molar-refractivity contribution in [1.29, 1.82) is 0 Å².